The Morgan fingerprint density at radius 3 is 3.00 bits per heavy atom. The molecule has 0 fully saturated rings. The molecule has 1 unspecified atom stereocenters. The molecule has 1 N–H and O–H groups in total. The fourth-order valence-electron chi connectivity index (χ4n) is 2.29. The molecule has 2 rings (SSSR count). The third kappa shape index (κ3) is 5.13. The summed E-state index contributed by atoms with van der Waals surface area (Å²) in [6, 6.07) is 9.32. The highest BCUT2D eigenvalue weighted by Crippen LogP contribution is 2.08. The van der Waals surface area contributed by atoms with Crippen molar-refractivity contribution < 1.29 is 0 Å². The zero-order valence-electron chi connectivity index (χ0n) is 12.4. The summed E-state index contributed by atoms with van der Waals surface area (Å²) < 4.78 is 1.87. The maximum atomic E-state index is 3.96. The van der Waals surface area contributed by atoms with Crippen molar-refractivity contribution in [3.05, 3.63) is 47.8 Å². The van der Waals surface area contributed by atoms with Gasteiger partial charge in [-0.1, -0.05) is 35.0 Å². The second-order valence-electron chi connectivity index (χ2n) is 5.40. The molecule has 0 saturated carbocycles. The molecule has 0 radical (unpaired) electrons. The van der Waals surface area contributed by atoms with Gasteiger partial charge in [-0.2, -0.15) is 0 Å². The van der Waals surface area contributed by atoms with E-state index in [0.29, 0.717) is 6.04 Å². The Balaban J connectivity index is 1.59. The van der Waals surface area contributed by atoms with Crippen LogP contribution in [0, 0.1) is 6.92 Å². The minimum absolute atomic E-state index is 0.547. The summed E-state index contributed by atoms with van der Waals surface area (Å²) in [5.74, 6) is 0. The lowest BCUT2D eigenvalue weighted by atomic mass is 10.0. The maximum absolute atomic E-state index is 3.96. The zero-order valence-corrected chi connectivity index (χ0v) is 12.4. The Bertz CT molecular complexity index is 493. The summed E-state index contributed by atoms with van der Waals surface area (Å²) >= 11 is 0. The first-order chi connectivity index (χ1) is 9.74. The number of benzene rings is 1. The summed E-state index contributed by atoms with van der Waals surface area (Å²) in [5.41, 5.74) is 2.78. The van der Waals surface area contributed by atoms with Gasteiger partial charge in [0.1, 0.15) is 0 Å². The van der Waals surface area contributed by atoms with Gasteiger partial charge in [-0.05, 0) is 45.2 Å². The van der Waals surface area contributed by atoms with Crippen LogP contribution < -0.4 is 5.32 Å². The fourth-order valence-corrected chi connectivity index (χ4v) is 2.29. The topological polar surface area (TPSA) is 42.7 Å². The predicted molar refractivity (Wildman–Crippen MR) is 81.6 cm³/mol. The first kappa shape index (κ1) is 14.7. The average Bonchev–Trinajstić information content (AvgIpc) is 2.95. The number of aromatic nitrogens is 3. The molecular weight excluding hydrogens is 248 g/mol. The lowest BCUT2D eigenvalue weighted by Gasteiger charge is -2.13. The van der Waals surface area contributed by atoms with Gasteiger partial charge in [-0.3, -0.25) is 4.68 Å². The molecule has 0 aliphatic carbocycles. The van der Waals surface area contributed by atoms with Crippen molar-refractivity contribution in [2.24, 2.45) is 0 Å². The zero-order chi connectivity index (χ0) is 14.2. The Hall–Kier alpha value is -1.68. The molecule has 1 heterocycles. The van der Waals surface area contributed by atoms with E-state index in [9.17, 15) is 0 Å². The van der Waals surface area contributed by atoms with Gasteiger partial charge in [-0.15, -0.1) is 5.10 Å². The normalized spacial score (nSPS) is 12.5. The molecule has 4 heteroatoms. The molecule has 2 aromatic rings. The highest BCUT2D eigenvalue weighted by Gasteiger charge is 2.02. The van der Waals surface area contributed by atoms with Crippen molar-refractivity contribution in [2.75, 3.05) is 6.54 Å². The predicted octanol–water partition coefficient (Wildman–Crippen LogP) is 2.59. The van der Waals surface area contributed by atoms with E-state index in [1.54, 1.807) is 6.20 Å². The SMILES string of the molecule is Cc1cccc(CCC(C)NCCCn2ccnn2)c1. The van der Waals surface area contributed by atoms with E-state index in [4.69, 9.17) is 0 Å². The molecule has 108 valence electrons. The number of nitrogens with one attached hydrogen (secondary N) is 1. The number of aryl methyl sites for hydroxylation is 3. The summed E-state index contributed by atoms with van der Waals surface area (Å²) in [4.78, 5) is 0. The van der Waals surface area contributed by atoms with E-state index in [1.165, 1.54) is 17.5 Å². The van der Waals surface area contributed by atoms with Crippen molar-refractivity contribution in [1.29, 1.82) is 0 Å². The van der Waals surface area contributed by atoms with Crippen LogP contribution in [-0.4, -0.2) is 27.6 Å². The summed E-state index contributed by atoms with van der Waals surface area (Å²) in [6.07, 6.45) is 7.02. The number of nitrogens with zero attached hydrogens (tertiary/aromatic N) is 3. The Morgan fingerprint density at radius 1 is 1.35 bits per heavy atom. The van der Waals surface area contributed by atoms with E-state index in [2.05, 4.69) is 53.7 Å². The number of hydrogen-bond donors (Lipinski definition) is 1. The average molecular weight is 272 g/mol. The Morgan fingerprint density at radius 2 is 2.25 bits per heavy atom. The quantitative estimate of drug-likeness (QED) is 0.751. The molecule has 0 aliphatic heterocycles. The molecule has 0 bridgehead atoms. The van der Waals surface area contributed by atoms with Crippen molar-refractivity contribution in [3.8, 4) is 0 Å². The van der Waals surface area contributed by atoms with Gasteiger partial charge in [0.25, 0.3) is 0 Å². The minimum Gasteiger partial charge on any atom is -0.314 e. The smallest absolute Gasteiger partial charge is 0.0692 e. The first-order valence-electron chi connectivity index (χ1n) is 7.37. The highest BCUT2D eigenvalue weighted by atomic mass is 15.4. The summed E-state index contributed by atoms with van der Waals surface area (Å²) in [6.45, 7) is 6.35. The number of rotatable bonds is 8. The molecule has 0 saturated heterocycles. The standard InChI is InChI=1S/C16H24N4/c1-14-5-3-6-16(13-14)8-7-15(2)17-9-4-11-20-12-10-18-19-20/h3,5-6,10,12-13,15,17H,4,7-9,11H2,1-2H3. The fraction of sp³-hybridized carbons (Fsp3) is 0.500. The van der Waals surface area contributed by atoms with Crippen LogP contribution in [0.15, 0.2) is 36.7 Å². The van der Waals surface area contributed by atoms with Gasteiger partial charge in [0.15, 0.2) is 0 Å². The van der Waals surface area contributed by atoms with E-state index in [0.717, 1.165) is 25.9 Å². The van der Waals surface area contributed by atoms with Crippen LogP contribution in [0.5, 0.6) is 0 Å². The highest BCUT2D eigenvalue weighted by molar-refractivity contribution is 5.22. The molecular formula is C16H24N4. The van der Waals surface area contributed by atoms with Crippen molar-refractivity contribution >= 4 is 0 Å². The molecule has 0 aliphatic rings. The van der Waals surface area contributed by atoms with Crippen LogP contribution in [0.4, 0.5) is 0 Å². The van der Waals surface area contributed by atoms with Gasteiger partial charge in [-0.25, -0.2) is 0 Å². The van der Waals surface area contributed by atoms with E-state index < -0.39 is 0 Å². The maximum Gasteiger partial charge on any atom is 0.0692 e. The lowest BCUT2D eigenvalue weighted by Crippen LogP contribution is -2.28. The second kappa shape index (κ2) is 7.80. The van der Waals surface area contributed by atoms with Gasteiger partial charge < -0.3 is 5.32 Å². The van der Waals surface area contributed by atoms with Crippen molar-refractivity contribution in [3.63, 3.8) is 0 Å². The molecule has 0 amide bonds. The molecule has 1 aromatic carbocycles. The van der Waals surface area contributed by atoms with Crippen molar-refractivity contribution in [2.45, 2.75) is 45.7 Å². The first-order valence-corrected chi connectivity index (χ1v) is 7.37. The third-order valence-electron chi connectivity index (χ3n) is 3.48. The van der Waals surface area contributed by atoms with Crippen LogP contribution in [0.25, 0.3) is 0 Å². The van der Waals surface area contributed by atoms with Crippen LogP contribution >= 0.6 is 0 Å². The molecule has 1 atom stereocenters. The summed E-state index contributed by atoms with van der Waals surface area (Å²) in [5, 5.41) is 11.3. The Labute approximate surface area is 121 Å². The molecule has 4 nitrogen and oxygen atoms in total. The van der Waals surface area contributed by atoms with E-state index in [1.807, 2.05) is 10.9 Å². The minimum atomic E-state index is 0.547. The van der Waals surface area contributed by atoms with Gasteiger partial charge in [0.2, 0.25) is 0 Å². The largest absolute Gasteiger partial charge is 0.314 e. The monoisotopic (exact) mass is 272 g/mol. The van der Waals surface area contributed by atoms with Crippen LogP contribution in [0.2, 0.25) is 0 Å². The summed E-state index contributed by atoms with van der Waals surface area (Å²) in [7, 11) is 0. The van der Waals surface area contributed by atoms with Crippen LogP contribution in [-0.2, 0) is 13.0 Å². The lowest BCUT2D eigenvalue weighted by molar-refractivity contribution is 0.474. The third-order valence-corrected chi connectivity index (χ3v) is 3.48. The van der Waals surface area contributed by atoms with E-state index in [-0.39, 0.29) is 0 Å². The molecule has 0 spiro atoms. The molecule has 1 aromatic heterocycles. The van der Waals surface area contributed by atoms with Gasteiger partial charge in [0, 0.05) is 18.8 Å². The molecule has 20 heavy (non-hydrogen) atoms. The van der Waals surface area contributed by atoms with Crippen LogP contribution in [0.1, 0.15) is 30.9 Å². The van der Waals surface area contributed by atoms with Gasteiger partial charge >= 0.3 is 0 Å². The van der Waals surface area contributed by atoms with Gasteiger partial charge in [0.05, 0.1) is 6.20 Å². The second-order valence-corrected chi connectivity index (χ2v) is 5.40. The van der Waals surface area contributed by atoms with Crippen LogP contribution in [0.3, 0.4) is 0 Å². The van der Waals surface area contributed by atoms with Crippen molar-refractivity contribution in [1.82, 2.24) is 20.3 Å². The number of hydrogen-bond acceptors (Lipinski definition) is 3. The Kier molecular flexibility index (Phi) is 5.74. The van der Waals surface area contributed by atoms with E-state index >= 15 is 0 Å².